The Morgan fingerprint density at radius 2 is 2.17 bits per heavy atom. The van der Waals surface area contributed by atoms with Crippen molar-refractivity contribution in [1.29, 1.82) is 0 Å². The molecule has 18 heavy (non-hydrogen) atoms. The maximum Gasteiger partial charge on any atom is 0.350 e. The third kappa shape index (κ3) is 2.51. The highest BCUT2D eigenvalue weighted by molar-refractivity contribution is 7.17. The lowest BCUT2D eigenvalue weighted by Gasteiger charge is -2.35. The summed E-state index contributed by atoms with van der Waals surface area (Å²) in [5.74, 6) is 1.15. The van der Waals surface area contributed by atoms with E-state index in [0.29, 0.717) is 10.8 Å². The van der Waals surface area contributed by atoms with Crippen molar-refractivity contribution in [2.45, 2.75) is 27.2 Å². The second-order valence-corrected chi connectivity index (χ2v) is 6.07. The first kappa shape index (κ1) is 13.3. The largest absolute Gasteiger partial charge is 0.465 e. The Bertz CT molecular complexity index is 444. The number of nitrogens with zero attached hydrogens (tertiary/aromatic N) is 2. The highest BCUT2D eigenvalue weighted by Crippen LogP contribution is 2.31. The molecule has 0 saturated carbocycles. The van der Waals surface area contributed by atoms with Crippen molar-refractivity contribution in [3.8, 4) is 0 Å². The number of ether oxygens (including phenoxy) is 1. The number of carbonyl (C=O) groups is 1. The van der Waals surface area contributed by atoms with Crippen LogP contribution >= 0.6 is 11.3 Å². The molecule has 100 valence electrons. The fraction of sp³-hybridized carbons (Fsp3) is 0.692. The minimum Gasteiger partial charge on any atom is -0.465 e. The van der Waals surface area contributed by atoms with E-state index in [2.05, 4.69) is 23.7 Å². The van der Waals surface area contributed by atoms with Crippen LogP contribution in [0.3, 0.4) is 0 Å². The molecule has 1 aromatic heterocycles. The zero-order valence-corrected chi connectivity index (χ0v) is 12.2. The van der Waals surface area contributed by atoms with Gasteiger partial charge >= 0.3 is 5.97 Å². The topological polar surface area (TPSA) is 42.4 Å². The smallest absolute Gasteiger partial charge is 0.350 e. The van der Waals surface area contributed by atoms with Gasteiger partial charge in [-0.1, -0.05) is 25.2 Å². The van der Waals surface area contributed by atoms with Crippen LogP contribution in [-0.2, 0) is 4.74 Å². The van der Waals surface area contributed by atoms with Gasteiger partial charge in [-0.2, -0.15) is 0 Å². The molecule has 1 fully saturated rings. The first-order valence-corrected chi connectivity index (χ1v) is 7.15. The molecule has 0 spiro atoms. The molecule has 1 aliphatic heterocycles. The van der Waals surface area contributed by atoms with Crippen LogP contribution in [0.1, 0.15) is 35.6 Å². The van der Waals surface area contributed by atoms with Crippen LogP contribution in [0.2, 0.25) is 0 Å². The third-order valence-corrected chi connectivity index (χ3v) is 4.96. The van der Waals surface area contributed by atoms with E-state index >= 15 is 0 Å². The van der Waals surface area contributed by atoms with Crippen molar-refractivity contribution in [3.63, 3.8) is 0 Å². The summed E-state index contributed by atoms with van der Waals surface area (Å²) in [6.07, 6.45) is 1.19. The van der Waals surface area contributed by atoms with Gasteiger partial charge in [-0.3, -0.25) is 0 Å². The quantitative estimate of drug-likeness (QED) is 0.773. The van der Waals surface area contributed by atoms with Crippen molar-refractivity contribution in [3.05, 3.63) is 10.6 Å². The molecule has 5 heteroatoms. The molecule has 0 N–H and O–H groups in total. The molecule has 0 aliphatic carbocycles. The molecule has 0 bridgehead atoms. The normalized spacial score (nSPS) is 24.1. The highest BCUT2D eigenvalue weighted by Gasteiger charge is 2.26. The van der Waals surface area contributed by atoms with Gasteiger partial charge in [-0.05, 0) is 25.2 Å². The summed E-state index contributed by atoms with van der Waals surface area (Å²) in [7, 11) is 1.41. The maximum absolute atomic E-state index is 11.6. The van der Waals surface area contributed by atoms with Gasteiger partial charge in [-0.25, -0.2) is 9.78 Å². The zero-order chi connectivity index (χ0) is 13.3. The second-order valence-electron chi connectivity index (χ2n) is 5.09. The standard InChI is InChI=1S/C13H20N2O2S/c1-8-5-6-15(7-9(8)2)13-14-10(3)11(18-13)12(16)17-4/h8-9H,5-7H2,1-4H3. The minimum absolute atomic E-state index is 0.283. The number of esters is 1. The number of methoxy groups -OCH3 is 1. The fourth-order valence-corrected chi connectivity index (χ4v) is 3.26. The van der Waals surface area contributed by atoms with E-state index in [4.69, 9.17) is 4.74 Å². The SMILES string of the molecule is COC(=O)c1sc(N2CCC(C)C(C)C2)nc1C. The molecular weight excluding hydrogens is 248 g/mol. The molecular formula is C13H20N2O2S. The van der Waals surface area contributed by atoms with Crippen molar-refractivity contribution in [2.75, 3.05) is 25.1 Å². The fourth-order valence-electron chi connectivity index (χ4n) is 2.24. The number of aromatic nitrogens is 1. The molecule has 2 unspecified atom stereocenters. The summed E-state index contributed by atoms with van der Waals surface area (Å²) in [5, 5.41) is 0.951. The lowest BCUT2D eigenvalue weighted by molar-refractivity contribution is 0.0605. The van der Waals surface area contributed by atoms with Gasteiger partial charge in [-0.15, -0.1) is 0 Å². The van der Waals surface area contributed by atoms with E-state index in [1.54, 1.807) is 0 Å². The lowest BCUT2D eigenvalue weighted by atomic mass is 9.89. The van der Waals surface area contributed by atoms with E-state index in [1.807, 2.05) is 6.92 Å². The number of hydrogen-bond acceptors (Lipinski definition) is 5. The molecule has 0 amide bonds. The molecule has 2 atom stereocenters. The first-order valence-electron chi connectivity index (χ1n) is 6.33. The van der Waals surface area contributed by atoms with Gasteiger partial charge < -0.3 is 9.64 Å². The highest BCUT2D eigenvalue weighted by atomic mass is 32.1. The summed E-state index contributed by atoms with van der Waals surface area (Å²) in [5.41, 5.74) is 0.771. The summed E-state index contributed by atoms with van der Waals surface area (Å²) >= 11 is 1.44. The van der Waals surface area contributed by atoms with Crippen LogP contribution in [0.4, 0.5) is 5.13 Å². The van der Waals surface area contributed by atoms with Gasteiger partial charge in [0.15, 0.2) is 5.13 Å². The third-order valence-electron chi connectivity index (χ3n) is 3.76. The minimum atomic E-state index is -0.283. The average molecular weight is 268 g/mol. The zero-order valence-electron chi connectivity index (χ0n) is 11.4. The van der Waals surface area contributed by atoms with Gasteiger partial charge in [0.05, 0.1) is 12.8 Å². The van der Waals surface area contributed by atoms with Crippen LogP contribution in [0, 0.1) is 18.8 Å². The van der Waals surface area contributed by atoms with Crippen LogP contribution < -0.4 is 4.90 Å². The van der Waals surface area contributed by atoms with Crippen molar-refractivity contribution < 1.29 is 9.53 Å². The number of thiazole rings is 1. The average Bonchev–Trinajstić information content (AvgIpc) is 2.74. The number of anilines is 1. The van der Waals surface area contributed by atoms with E-state index in [0.717, 1.165) is 29.8 Å². The summed E-state index contributed by atoms with van der Waals surface area (Å²) in [6, 6.07) is 0. The van der Waals surface area contributed by atoms with Crippen LogP contribution in [0.15, 0.2) is 0 Å². The van der Waals surface area contributed by atoms with Crippen molar-refractivity contribution in [2.24, 2.45) is 11.8 Å². The Labute approximate surface area is 112 Å². The van der Waals surface area contributed by atoms with Gasteiger partial charge in [0.25, 0.3) is 0 Å². The van der Waals surface area contributed by atoms with E-state index in [-0.39, 0.29) is 5.97 Å². The van der Waals surface area contributed by atoms with Crippen LogP contribution in [-0.4, -0.2) is 31.2 Å². The lowest BCUT2D eigenvalue weighted by Crippen LogP contribution is -2.38. The Morgan fingerprint density at radius 1 is 1.44 bits per heavy atom. The molecule has 1 aromatic rings. The summed E-state index contributed by atoms with van der Waals surface area (Å²) < 4.78 is 4.77. The first-order chi connectivity index (χ1) is 8.52. The summed E-state index contributed by atoms with van der Waals surface area (Å²) in [4.78, 5) is 19.0. The number of carbonyl (C=O) groups excluding carboxylic acids is 1. The van der Waals surface area contributed by atoms with Crippen LogP contribution in [0.25, 0.3) is 0 Å². The van der Waals surface area contributed by atoms with E-state index < -0.39 is 0 Å². The van der Waals surface area contributed by atoms with Crippen molar-refractivity contribution >= 4 is 22.4 Å². The van der Waals surface area contributed by atoms with Gasteiger partial charge in [0, 0.05) is 13.1 Å². The number of rotatable bonds is 2. The van der Waals surface area contributed by atoms with Gasteiger partial charge in [0.2, 0.25) is 0 Å². The molecule has 0 aromatic carbocycles. The molecule has 0 radical (unpaired) electrons. The Balaban J connectivity index is 2.17. The summed E-state index contributed by atoms with van der Waals surface area (Å²) in [6.45, 7) is 8.49. The van der Waals surface area contributed by atoms with E-state index in [1.165, 1.54) is 24.9 Å². The predicted molar refractivity (Wildman–Crippen MR) is 73.3 cm³/mol. The van der Waals surface area contributed by atoms with Crippen LogP contribution in [0.5, 0.6) is 0 Å². The number of piperidine rings is 1. The Hall–Kier alpha value is -1.10. The number of hydrogen-bond donors (Lipinski definition) is 0. The molecule has 1 saturated heterocycles. The Kier molecular flexibility index (Phi) is 3.90. The second kappa shape index (κ2) is 5.26. The molecule has 4 nitrogen and oxygen atoms in total. The monoisotopic (exact) mass is 268 g/mol. The number of aryl methyl sites for hydroxylation is 1. The molecule has 1 aliphatic rings. The predicted octanol–water partition coefficient (Wildman–Crippen LogP) is 2.72. The maximum atomic E-state index is 11.6. The van der Waals surface area contributed by atoms with Gasteiger partial charge in [0.1, 0.15) is 4.88 Å². The van der Waals surface area contributed by atoms with Crippen molar-refractivity contribution in [1.82, 2.24) is 4.98 Å². The Morgan fingerprint density at radius 3 is 2.78 bits per heavy atom. The van der Waals surface area contributed by atoms with E-state index in [9.17, 15) is 4.79 Å². The molecule has 2 rings (SSSR count). The molecule has 2 heterocycles.